The highest BCUT2D eigenvalue weighted by Gasteiger charge is 2.48. The number of ether oxygens (including phenoxy) is 4. The number of rotatable bonds is 12. The van der Waals surface area contributed by atoms with Gasteiger partial charge in [0.1, 0.15) is 23.0 Å². The number of aliphatic hydroxyl groups is 1. The minimum atomic E-state index is -1.10. The molecular formula is C31H32N2O8S. The van der Waals surface area contributed by atoms with Crippen molar-refractivity contribution in [1.29, 1.82) is 0 Å². The summed E-state index contributed by atoms with van der Waals surface area (Å²) in [5.74, 6) is -1.47. The van der Waals surface area contributed by atoms with Crippen LogP contribution < -0.4 is 19.1 Å². The minimum Gasteiger partial charge on any atom is -0.507 e. The third-order valence-corrected chi connectivity index (χ3v) is 7.47. The maximum absolute atomic E-state index is 13.6. The molecule has 1 aromatic heterocycles. The van der Waals surface area contributed by atoms with Crippen molar-refractivity contribution in [3.63, 3.8) is 0 Å². The monoisotopic (exact) mass is 592 g/mol. The molecule has 1 saturated heterocycles. The molecule has 2 aromatic carbocycles. The molecular weight excluding hydrogens is 560 g/mol. The van der Waals surface area contributed by atoms with Crippen molar-refractivity contribution >= 4 is 39.9 Å². The van der Waals surface area contributed by atoms with E-state index >= 15 is 0 Å². The van der Waals surface area contributed by atoms with E-state index < -0.39 is 23.7 Å². The fraction of sp³-hybridized carbons (Fsp3) is 0.290. The number of hydrogen-bond donors (Lipinski definition) is 1. The lowest BCUT2D eigenvalue weighted by Gasteiger charge is -2.24. The van der Waals surface area contributed by atoms with Crippen LogP contribution in [0, 0.1) is 6.92 Å². The van der Waals surface area contributed by atoms with E-state index in [0.29, 0.717) is 47.3 Å². The molecule has 1 N–H and O–H groups in total. The molecule has 1 unspecified atom stereocenters. The molecule has 10 nitrogen and oxygen atoms in total. The molecule has 3 aromatic rings. The molecule has 0 radical (unpaired) electrons. The molecule has 1 aliphatic heterocycles. The molecule has 220 valence electrons. The van der Waals surface area contributed by atoms with E-state index in [-0.39, 0.29) is 27.9 Å². The van der Waals surface area contributed by atoms with Crippen molar-refractivity contribution in [3.8, 4) is 17.2 Å². The second kappa shape index (κ2) is 13.3. The molecule has 2 heterocycles. The van der Waals surface area contributed by atoms with E-state index in [2.05, 4.69) is 11.6 Å². The van der Waals surface area contributed by atoms with Gasteiger partial charge in [0.15, 0.2) is 16.6 Å². The Balaban J connectivity index is 1.90. The van der Waals surface area contributed by atoms with Gasteiger partial charge in [-0.1, -0.05) is 49.1 Å². The minimum absolute atomic E-state index is 0.00301. The average molecular weight is 593 g/mol. The first-order chi connectivity index (χ1) is 20.2. The number of aromatic nitrogens is 1. The van der Waals surface area contributed by atoms with Crippen LogP contribution in [0.5, 0.6) is 17.2 Å². The van der Waals surface area contributed by atoms with Gasteiger partial charge in [-0.3, -0.25) is 14.5 Å². The van der Waals surface area contributed by atoms with Crippen molar-refractivity contribution < 1.29 is 38.4 Å². The number of esters is 1. The van der Waals surface area contributed by atoms with Gasteiger partial charge < -0.3 is 24.1 Å². The van der Waals surface area contributed by atoms with Crippen LogP contribution in [0.15, 0.2) is 60.7 Å². The van der Waals surface area contributed by atoms with Gasteiger partial charge in [-0.15, -0.1) is 0 Å². The molecule has 0 saturated carbocycles. The van der Waals surface area contributed by atoms with Crippen LogP contribution in [0.4, 0.5) is 5.13 Å². The Morgan fingerprint density at radius 3 is 2.62 bits per heavy atom. The third-order valence-electron chi connectivity index (χ3n) is 6.34. The lowest BCUT2D eigenvalue weighted by Crippen LogP contribution is -2.29. The summed E-state index contributed by atoms with van der Waals surface area (Å²) in [6.45, 7) is 9.84. The Labute approximate surface area is 247 Å². The van der Waals surface area contributed by atoms with E-state index in [1.165, 1.54) is 18.1 Å². The Bertz CT molecular complexity index is 1540. The number of ketones is 1. The summed E-state index contributed by atoms with van der Waals surface area (Å²) in [6, 6.07) is 10.6. The number of aliphatic hydroxyl groups excluding tert-OH is 1. The van der Waals surface area contributed by atoms with Gasteiger partial charge in [-0.05, 0) is 50.1 Å². The fourth-order valence-electron chi connectivity index (χ4n) is 4.46. The van der Waals surface area contributed by atoms with E-state index in [9.17, 15) is 19.5 Å². The lowest BCUT2D eigenvalue weighted by molar-refractivity contribution is -0.132. The summed E-state index contributed by atoms with van der Waals surface area (Å²) >= 11 is 0.915. The first-order valence-electron chi connectivity index (χ1n) is 13.4. The number of carbonyl (C=O) groups is 3. The second-order valence-corrected chi connectivity index (χ2v) is 10.2. The number of anilines is 1. The number of amides is 1. The number of methoxy groups -OCH3 is 1. The molecule has 1 fully saturated rings. The third kappa shape index (κ3) is 6.01. The van der Waals surface area contributed by atoms with Crippen LogP contribution in [-0.2, 0) is 14.3 Å². The van der Waals surface area contributed by atoms with Crippen LogP contribution in [0.3, 0.4) is 0 Å². The largest absolute Gasteiger partial charge is 0.507 e. The molecule has 1 atom stereocenters. The highest BCUT2D eigenvalue weighted by Crippen LogP contribution is 2.45. The number of nitrogens with zero attached hydrogens (tertiary/aromatic N) is 2. The zero-order chi connectivity index (χ0) is 30.4. The molecule has 4 rings (SSSR count). The van der Waals surface area contributed by atoms with Crippen molar-refractivity contribution in [1.82, 2.24) is 4.98 Å². The van der Waals surface area contributed by atoms with Crippen LogP contribution in [0.2, 0.25) is 0 Å². The molecule has 1 aliphatic rings. The SMILES string of the molecule is C=CCOC(=O)c1sc(N2C(=O)C(=O)/C(=C(/O)c3cccc(OCCC)c3)C2c2ccc(OCC)c(OC)c2)nc1C. The van der Waals surface area contributed by atoms with Crippen molar-refractivity contribution in [3.05, 3.63) is 82.4 Å². The molecule has 0 bridgehead atoms. The fourth-order valence-corrected chi connectivity index (χ4v) is 5.45. The zero-order valence-corrected chi connectivity index (χ0v) is 24.7. The normalized spacial score (nSPS) is 15.9. The standard InChI is InChI=1S/C31H32N2O8S/c1-6-14-40-21-11-9-10-20(16-21)26(34)24-25(19-12-13-22(39-8-3)23(17-19)38-5)33(29(36)27(24)35)31-32-18(4)28(42-31)30(37)41-15-7-2/h7,9-13,16-17,25,34H,2,6,8,14-15H2,1,3-5H3/b26-24+. The summed E-state index contributed by atoms with van der Waals surface area (Å²) in [6.07, 6.45) is 2.23. The topological polar surface area (TPSA) is 124 Å². The number of thiazole rings is 1. The maximum Gasteiger partial charge on any atom is 0.350 e. The first-order valence-corrected chi connectivity index (χ1v) is 14.2. The number of hydrogen-bond acceptors (Lipinski definition) is 10. The summed E-state index contributed by atoms with van der Waals surface area (Å²) in [7, 11) is 1.48. The molecule has 1 amide bonds. The Hall–Kier alpha value is -4.64. The van der Waals surface area contributed by atoms with Gasteiger partial charge >= 0.3 is 11.9 Å². The highest BCUT2D eigenvalue weighted by molar-refractivity contribution is 7.17. The quantitative estimate of drug-likeness (QED) is 0.0938. The number of Topliss-reactive ketones (excluding diaryl/α,β-unsaturated/α-hetero) is 1. The van der Waals surface area contributed by atoms with Crippen LogP contribution >= 0.6 is 11.3 Å². The van der Waals surface area contributed by atoms with Gasteiger partial charge in [0.05, 0.1) is 37.6 Å². The van der Waals surface area contributed by atoms with Crippen LogP contribution in [0.25, 0.3) is 5.76 Å². The maximum atomic E-state index is 13.6. The molecule has 42 heavy (non-hydrogen) atoms. The Kier molecular flexibility index (Phi) is 9.64. The number of carbonyl (C=O) groups excluding carboxylic acids is 3. The number of aryl methyl sites for hydroxylation is 1. The lowest BCUT2D eigenvalue weighted by atomic mass is 9.95. The van der Waals surface area contributed by atoms with Gasteiger partial charge in [-0.2, -0.15) is 0 Å². The second-order valence-electron chi connectivity index (χ2n) is 9.19. The Morgan fingerprint density at radius 2 is 1.93 bits per heavy atom. The van der Waals surface area contributed by atoms with Crippen LogP contribution in [-0.4, -0.2) is 54.7 Å². The Morgan fingerprint density at radius 1 is 1.14 bits per heavy atom. The summed E-state index contributed by atoms with van der Waals surface area (Å²) < 4.78 is 22.1. The van der Waals surface area contributed by atoms with E-state index in [0.717, 1.165) is 17.8 Å². The van der Waals surface area contributed by atoms with E-state index in [4.69, 9.17) is 18.9 Å². The number of benzene rings is 2. The van der Waals surface area contributed by atoms with Gasteiger partial charge in [0.25, 0.3) is 5.78 Å². The van der Waals surface area contributed by atoms with E-state index in [1.54, 1.807) is 49.4 Å². The smallest absolute Gasteiger partial charge is 0.350 e. The van der Waals surface area contributed by atoms with Gasteiger partial charge in [-0.25, -0.2) is 9.78 Å². The van der Waals surface area contributed by atoms with E-state index in [1.807, 2.05) is 13.8 Å². The molecule has 0 spiro atoms. The zero-order valence-electron chi connectivity index (χ0n) is 23.8. The molecule has 11 heteroatoms. The molecule has 0 aliphatic carbocycles. The first kappa shape index (κ1) is 30.3. The average Bonchev–Trinajstić information content (AvgIpc) is 3.51. The van der Waals surface area contributed by atoms with Gasteiger partial charge in [0, 0.05) is 5.56 Å². The predicted molar refractivity (Wildman–Crippen MR) is 159 cm³/mol. The van der Waals surface area contributed by atoms with Gasteiger partial charge in [0.2, 0.25) is 0 Å². The summed E-state index contributed by atoms with van der Waals surface area (Å²) in [4.78, 5) is 45.7. The van der Waals surface area contributed by atoms with Crippen molar-refractivity contribution in [2.75, 3.05) is 31.8 Å². The summed E-state index contributed by atoms with van der Waals surface area (Å²) in [5, 5.41) is 11.6. The van der Waals surface area contributed by atoms with Crippen LogP contribution in [0.1, 0.15) is 52.8 Å². The van der Waals surface area contributed by atoms with Crippen molar-refractivity contribution in [2.45, 2.75) is 33.2 Å². The summed E-state index contributed by atoms with van der Waals surface area (Å²) in [5.41, 5.74) is 0.934. The highest BCUT2D eigenvalue weighted by atomic mass is 32.1. The predicted octanol–water partition coefficient (Wildman–Crippen LogP) is 5.62. The van der Waals surface area contributed by atoms with Crippen molar-refractivity contribution in [2.24, 2.45) is 0 Å².